The van der Waals surface area contributed by atoms with Crippen molar-refractivity contribution in [2.45, 2.75) is 270 Å². The molecule has 0 radical (unpaired) electrons. The Labute approximate surface area is 367 Å². The standard InChI is InChI=1S/C54H99NO4/c1-3-5-7-9-11-13-15-17-19-21-23-24-25-26-27-28-30-31-33-35-37-39-41-43-45-47-51(57)49-54(59)55-52(50-56)53(58)48-46-44-42-40-38-36-34-32-29-22-20-18-16-14-12-10-8-6-4-2/h23-24,26-27,29,32,38,40,46,48,51-53,56-58H,3-22,25,28,30-31,33-37,39,41-45,47,49-50H2,1-2H3,(H,55,59)/b24-23-,27-26-,32-29+,40-38+,48-46+. The summed E-state index contributed by atoms with van der Waals surface area (Å²) in [6.07, 6.45) is 65.3. The van der Waals surface area contributed by atoms with Crippen molar-refractivity contribution in [3.05, 3.63) is 60.8 Å². The predicted octanol–water partition coefficient (Wildman–Crippen LogP) is 15.4. The molecular weight excluding hydrogens is 727 g/mol. The van der Waals surface area contributed by atoms with E-state index in [1.165, 1.54) is 180 Å². The third-order valence-corrected chi connectivity index (χ3v) is 11.5. The zero-order valence-electron chi connectivity index (χ0n) is 39.1. The van der Waals surface area contributed by atoms with Gasteiger partial charge in [-0.1, -0.05) is 229 Å². The van der Waals surface area contributed by atoms with Gasteiger partial charge in [-0.15, -0.1) is 0 Å². The lowest BCUT2D eigenvalue weighted by Crippen LogP contribution is -2.45. The second-order valence-electron chi connectivity index (χ2n) is 17.4. The molecule has 0 saturated heterocycles. The summed E-state index contributed by atoms with van der Waals surface area (Å²) in [6, 6.07) is -0.772. The van der Waals surface area contributed by atoms with E-state index in [2.05, 4.69) is 67.8 Å². The molecule has 0 saturated carbocycles. The number of nitrogens with one attached hydrogen (secondary N) is 1. The summed E-state index contributed by atoms with van der Waals surface area (Å²) in [5.41, 5.74) is 0. The maximum Gasteiger partial charge on any atom is 0.222 e. The largest absolute Gasteiger partial charge is 0.394 e. The van der Waals surface area contributed by atoms with Crippen molar-refractivity contribution in [1.82, 2.24) is 5.32 Å². The maximum atomic E-state index is 12.5. The minimum absolute atomic E-state index is 0.00252. The first-order chi connectivity index (χ1) is 29.0. The number of rotatable bonds is 46. The Balaban J connectivity index is 3.69. The van der Waals surface area contributed by atoms with E-state index in [9.17, 15) is 20.1 Å². The molecule has 0 aliphatic heterocycles. The molecule has 0 fully saturated rings. The fourth-order valence-corrected chi connectivity index (χ4v) is 7.58. The van der Waals surface area contributed by atoms with Gasteiger partial charge in [0.25, 0.3) is 0 Å². The molecule has 5 heteroatoms. The Morgan fingerprint density at radius 3 is 1.19 bits per heavy atom. The lowest BCUT2D eigenvalue weighted by atomic mass is 10.0. The topological polar surface area (TPSA) is 89.8 Å². The fourth-order valence-electron chi connectivity index (χ4n) is 7.58. The summed E-state index contributed by atoms with van der Waals surface area (Å²) in [5, 5.41) is 33.3. The van der Waals surface area contributed by atoms with Gasteiger partial charge in [0, 0.05) is 0 Å². The molecule has 344 valence electrons. The molecule has 0 aliphatic carbocycles. The van der Waals surface area contributed by atoms with Crippen LogP contribution in [0.1, 0.15) is 251 Å². The Hall–Kier alpha value is -1.95. The molecule has 59 heavy (non-hydrogen) atoms. The maximum absolute atomic E-state index is 12.5. The monoisotopic (exact) mass is 826 g/mol. The Morgan fingerprint density at radius 1 is 0.441 bits per heavy atom. The average molecular weight is 826 g/mol. The number of aliphatic hydroxyl groups excluding tert-OH is 3. The highest BCUT2D eigenvalue weighted by Crippen LogP contribution is 2.15. The molecule has 0 spiro atoms. The summed E-state index contributed by atoms with van der Waals surface area (Å²) in [7, 11) is 0. The van der Waals surface area contributed by atoms with Gasteiger partial charge in [0.15, 0.2) is 0 Å². The van der Waals surface area contributed by atoms with Crippen molar-refractivity contribution in [3.8, 4) is 0 Å². The van der Waals surface area contributed by atoms with Gasteiger partial charge < -0.3 is 20.6 Å². The van der Waals surface area contributed by atoms with Crippen LogP contribution in [0.25, 0.3) is 0 Å². The number of allylic oxidation sites excluding steroid dienone is 9. The van der Waals surface area contributed by atoms with Crippen LogP contribution in [0.4, 0.5) is 0 Å². The number of hydrogen-bond donors (Lipinski definition) is 4. The molecule has 5 nitrogen and oxygen atoms in total. The van der Waals surface area contributed by atoms with Crippen molar-refractivity contribution in [3.63, 3.8) is 0 Å². The highest BCUT2D eigenvalue weighted by Gasteiger charge is 2.20. The second kappa shape index (κ2) is 48.7. The van der Waals surface area contributed by atoms with Crippen LogP contribution in [-0.2, 0) is 4.79 Å². The molecule has 0 rings (SSSR count). The highest BCUT2D eigenvalue weighted by molar-refractivity contribution is 5.76. The van der Waals surface area contributed by atoms with E-state index in [4.69, 9.17) is 0 Å². The van der Waals surface area contributed by atoms with E-state index < -0.39 is 18.2 Å². The zero-order chi connectivity index (χ0) is 43.0. The van der Waals surface area contributed by atoms with Gasteiger partial charge in [-0.05, 0) is 77.0 Å². The van der Waals surface area contributed by atoms with Crippen molar-refractivity contribution >= 4 is 5.91 Å². The average Bonchev–Trinajstić information content (AvgIpc) is 3.23. The van der Waals surface area contributed by atoms with Gasteiger partial charge >= 0.3 is 0 Å². The number of amides is 1. The fraction of sp³-hybridized carbons (Fsp3) is 0.796. The summed E-state index contributed by atoms with van der Waals surface area (Å²) in [4.78, 5) is 12.5. The lowest BCUT2D eigenvalue weighted by molar-refractivity contribution is -0.124. The van der Waals surface area contributed by atoms with Crippen LogP contribution in [-0.4, -0.2) is 46.1 Å². The molecule has 3 atom stereocenters. The first kappa shape index (κ1) is 57.1. The van der Waals surface area contributed by atoms with Crippen molar-refractivity contribution in [1.29, 1.82) is 0 Å². The van der Waals surface area contributed by atoms with Crippen LogP contribution in [0.15, 0.2) is 60.8 Å². The van der Waals surface area contributed by atoms with Gasteiger partial charge in [0.2, 0.25) is 5.91 Å². The van der Waals surface area contributed by atoms with Gasteiger partial charge in [-0.3, -0.25) is 4.79 Å². The van der Waals surface area contributed by atoms with Crippen LogP contribution in [0, 0.1) is 0 Å². The molecule has 4 N–H and O–H groups in total. The quantitative estimate of drug-likeness (QED) is 0.0363. The highest BCUT2D eigenvalue weighted by atomic mass is 16.3. The molecule has 0 aliphatic rings. The zero-order valence-corrected chi connectivity index (χ0v) is 39.1. The summed E-state index contributed by atoms with van der Waals surface area (Å²) < 4.78 is 0. The van der Waals surface area contributed by atoms with E-state index in [0.717, 1.165) is 44.9 Å². The number of aliphatic hydroxyl groups is 3. The number of hydrogen-bond acceptors (Lipinski definition) is 4. The molecule has 0 aromatic heterocycles. The molecule has 0 aromatic carbocycles. The number of carbonyl (C=O) groups is 1. The first-order valence-corrected chi connectivity index (χ1v) is 25.6. The van der Waals surface area contributed by atoms with Crippen LogP contribution in [0.2, 0.25) is 0 Å². The SMILES string of the molecule is CCCCCCCCCCC/C=C\C/C=C\CCCCCCCCCCCC(O)CC(=O)NC(CO)C(O)/C=C/CC/C=C/CC/C=C/CCCCCCCCCCC. The van der Waals surface area contributed by atoms with Crippen LogP contribution in [0.5, 0.6) is 0 Å². The van der Waals surface area contributed by atoms with E-state index in [1.54, 1.807) is 6.08 Å². The number of carbonyl (C=O) groups excluding carboxylic acids is 1. The van der Waals surface area contributed by atoms with Crippen molar-refractivity contribution < 1.29 is 20.1 Å². The first-order valence-electron chi connectivity index (χ1n) is 25.6. The Bertz CT molecular complexity index is 1000. The molecule has 0 heterocycles. The number of unbranched alkanes of at least 4 members (excludes halogenated alkanes) is 29. The molecule has 0 aromatic rings. The van der Waals surface area contributed by atoms with Crippen molar-refractivity contribution in [2.75, 3.05) is 6.61 Å². The van der Waals surface area contributed by atoms with Gasteiger partial charge in [-0.25, -0.2) is 0 Å². The summed E-state index contributed by atoms with van der Waals surface area (Å²) in [6.45, 7) is 4.20. The summed E-state index contributed by atoms with van der Waals surface area (Å²) >= 11 is 0. The van der Waals surface area contributed by atoms with Crippen molar-refractivity contribution in [2.24, 2.45) is 0 Å². The third kappa shape index (κ3) is 45.4. The minimum atomic E-state index is -0.964. The molecule has 1 amide bonds. The molecular formula is C54H99NO4. The third-order valence-electron chi connectivity index (χ3n) is 11.5. The van der Waals surface area contributed by atoms with E-state index in [1.807, 2.05) is 6.08 Å². The van der Waals surface area contributed by atoms with Crippen LogP contribution in [0.3, 0.4) is 0 Å². The van der Waals surface area contributed by atoms with Crippen LogP contribution < -0.4 is 5.32 Å². The Morgan fingerprint density at radius 2 is 0.780 bits per heavy atom. The van der Waals surface area contributed by atoms with E-state index in [0.29, 0.717) is 6.42 Å². The second-order valence-corrected chi connectivity index (χ2v) is 17.4. The summed E-state index contributed by atoms with van der Waals surface area (Å²) in [5.74, 6) is -0.332. The molecule has 3 unspecified atom stereocenters. The normalized spacial score (nSPS) is 13.9. The predicted molar refractivity (Wildman–Crippen MR) is 259 cm³/mol. The lowest BCUT2D eigenvalue weighted by Gasteiger charge is -2.21. The van der Waals surface area contributed by atoms with Crippen LogP contribution >= 0.6 is 0 Å². The van der Waals surface area contributed by atoms with Gasteiger partial charge in [0.1, 0.15) is 0 Å². The van der Waals surface area contributed by atoms with Gasteiger partial charge in [0.05, 0.1) is 31.3 Å². The van der Waals surface area contributed by atoms with E-state index >= 15 is 0 Å². The molecule has 0 bridgehead atoms. The minimum Gasteiger partial charge on any atom is -0.394 e. The Kier molecular flexibility index (Phi) is 47.1. The van der Waals surface area contributed by atoms with Gasteiger partial charge in [-0.2, -0.15) is 0 Å². The smallest absolute Gasteiger partial charge is 0.222 e. The van der Waals surface area contributed by atoms with E-state index in [-0.39, 0.29) is 18.9 Å².